The summed E-state index contributed by atoms with van der Waals surface area (Å²) in [6, 6.07) is 8.12. The maximum Gasteiger partial charge on any atom is 0.360 e. The van der Waals surface area contributed by atoms with E-state index in [1.807, 2.05) is 6.92 Å². The van der Waals surface area contributed by atoms with E-state index in [-0.39, 0.29) is 10.6 Å². The number of nitrogens with zero attached hydrogens (tertiary/aromatic N) is 2. The van der Waals surface area contributed by atoms with Crippen LogP contribution in [0.25, 0.3) is 0 Å². The van der Waals surface area contributed by atoms with Gasteiger partial charge >= 0.3 is 5.97 Å². The van der Waals surface area contributed by atoms with E-state index in [9.17, 15) is 13.2 Å². The number of sulfonamides is 1. The summed E-state index contributed by atoms with van der Waals surface area (Å²) in [4.78, 5) is 12.6. The molecule has 7 nitrogen and oxygen atoms in total. The van der Waals surface area contributed by atoms with E-state index in [0.29, 0.717) is 31.2 Å². The summed E-state index contributed by atoms with van der Waals surface area (Å²) in [7, 11) is -1.95. The Bertz CT molecular complexity index is 897. The molecule has 0 saturated carbocycles. The minimum absolute atomic E-state index is 0.113. The molecule has 1 aromatic heterocycles. The van der Waals surface area contributed by atoms with Gasteiger partial charge in [0.1, 0.15) is 22.1 Å². The number of hydrogen-bond donors (Lipinski definition) is 0. The van der Waals surface area contributed by atoms with Gasteiger partial charge < -0.3 is 14.0 Å². The topological polar surface area (TPSA) is 77.8 Å². The van der Waals surface area contributed by atoms with Crippen LogP contribution >= 0.6 is 0 Å². The first-order valence-corrected chi connectivity index (χ1v) is 10.5. The molecule has 1 fully saturated rings. The lowest BCUT2D eigenvalue weighted by atomic mass is 10.3. The van der Waals surface area contributed by atoms with Gasteiger partial charge in [-0.3, -0.25) is 0 Å². The molecular weight excluding hydrogens is 368 g/mol. The lowest BCUT2D eigenvalue weighted by molar-refractivity contribution is 0.0724. The molecule has 1 aromatic carbocycles. The lowest BCUT2D eigenvalue weighted by Gasteiger charge is -2.13. The Morgan fingerprint density at radius 3 is 2.37 bits per heavy atom. The first-order chi connectivity index (χ1) is 12.9. The van der Waals surface area contributed by atoms with Gasteiger partial charge in [0.25, 0.3) is 0 Å². The second-order valence-corrected chi connectivity index (χ2v) is 8.43. The molecule has 2 aromatic rings. The summed E-state index contributed by atoms with van der Waals surface area (Å²) in [6.45, 7) is 3.68. The average Bonchev–Trinajstić information content (AvgIpc) is 3.31. The number of hydrogen-bond acceptors (Lipinski definition) is 5. The average molecular weight is 392 g/mol. The van der Waals surface area contributed by atoms with Crippen molar-refractivity contribution in [3.8, 4) is 11.5 Å². The van der Waals surface area contributed by atoms with E-state index in [2.05, 4.69) is 0 Å². The molecule has 0 radical (unpaired) electrons. The highest BCUT2D eigenvalue weighted by Crippen LogP contribution is 2.24. The molecule has 0 spiro atoms. The minimum Gasteiger partial charge on any atom is -0.494 e. The Kier molecular flexibility index (Phi) is 5.86. The monoisotopic (exact) mass is 392 g/mol. The zero-order chi connectivity index (χ0) is 19.4. The Hall–Kier alpha value is -2.32. The van der Waals surface area contributed by atoms with Crippen LogP contribution in [-0.4, -0.2) is 43.0 Å². The van der Waals surface area contributed by atoms with E-state index < -0.39 is 16.0 Å². The molecule has 1 aliphatic rings. The smallest absolute Gasteiger partial charge is 0.360 e. The number of rotatable bonds is 7. The molecule has 3 rings (SSSR count). The van der Waals surface area contributed by atoms with Gasteiger partial charge in [0.2, 0.25) is 10.0 Å². The van der Waals surface area contributed by atoms with Gasteiger partial charge in [-0.15, -0.1) is 0 Å². The molecule has 0 N–H and O–H groups in total. The predicted molar refractivity (Wildman–Crippen MR) is 101 cm³/mol. The van der Waals surface area contributed by atoms with E-state index >= 15 is 0 Å². The van der Waals surface area contributed by atoms with Crippen LogP contribution in [0, 0.1) is 0 Å². The third-order valence-electron chi connectivity index (χ3n) is 4.40. The molecule has 0 amide bonds. The number of carbonyl (C=O) groups excluding carboxylic acids is 1. The van der Waals surface area contributed by atoms with Gasteiger partial charge in [-0.25, -0.2) is 13.2 Å². The van der Waals surface area contributed by atoms with Crippen LogP contribution in [0.2, 0.25) is 0 Å². The molecule has 146 valence electrons. The van der Waals surface area contributed by atoms with Gasteiger partial charge in [-0.1, -0.05) is 6.92 Å². The van der Waals surface area contributed by atoms with Crippen molar-refractivity contribution in [1.82, 2.24) is 8.87 Å². The number of aromatic nitrogens is 1. The second-order valence-electron chi connectivity index (χ2n) is 6.49. The van der Waals surface area contributed by atoms with Crippen molar-refractivity contribution >= 4 is 16.0 Å². The van der Waals surface area contributed by atoms with Crippen LogP contribution in [0.4, 0.5) is 0 Å². The molecule has 0 atom stereocenters. The number of esters is 1. The quantitative estimate of drug-likeness (QED) is 0.535. The minimum atomic E-state index is -3.57. The maximum absolute atomic E-state index is 12.7. The fraction of sp³-hybridized carbons (Fsp3) is 0.421. The molecule has 1 saturated heterocycles. The van der Waals surface area contributed by atoms with Crippen molar-refractivity contribution in [2.45, 2.75) is 31.1 Å². The highest BCUT2D eigenvalue weighted by atomic mass is 32.2. The van der Waals surface area contributed by atoms with Gasteiger partial charge in [0.05, 0.1) is 6.61 Å². The molecule has 0 bridgehead atoms. The lowest BCUT2D eigenvalue weighted by Crippen LogP contribution is -2.27. The molecule has 2 heterocycles. The predicted octanol–water partition coefficient (Wildman–Crippen LogP) is 2.82. The summed E-state index contributed by atoms with van der Waals surface area (Å²) < 4.78 is 39.1. The Labute approximate surface area is 159 Å². The van der Waals surface area contributed by atoms with Crippen molar-refractivity contribution < 1.29 is 22.7 Å². The SMILES string of the molecule is CCCOc1ccc(OC(=O)c2cc(S(=O)(=O)N3CCCC3)cn2C)cc1. The summed E-state index contributed by atoms with van der Waals surface area (Å²) in [5.41, 5.74) is 0.180. The van der Waals surface area contributed by atoms with Crippen LogP contribution in [0.15, 0.2) is 41.4 Å². The molecule has 27 heavy (non-hydrogen) atoms. The zero-order valence-corrected chi connectivity index (χ0v) is 16.4. The van der Waals surface area contributed by atoms with Crippen LogP contribution < -0.4 is 9.47 Å². The molecule has 1 aliphatic heterocycles. The van der Waals surface area contributed by atoms with Crippen molar-refractivity contribution in [3.05, 3.63) is 42.2 Å². The Morgan fingerprint density at radius 2 is 1.74 bits per heavy atom. The highest BCUT2D eigenvalue weighted by Gasteiger charge is 2.29. The van der Waals surface area contributed by atoms with Crippen molar-refractivity contribution in [2.75, 3.05) is 19.7 Å². The summed E-state index contributed by atoms with van der Waals surface area (Å²) >= 11 is 0. The fourth-order valence-electron chi connectivity index (χ4n) is 2.94. The normalized spacial score (nSPS) is 15.0. The number of aryl methyl sites for hydroxylation is 1. The van der Waals surface area contributed by atoms with E-state index in [4.69, 9.17) is 9.47 Å². The summed E-state index contributed by atoms with van der Waals surface area (Å²) in [5, 5.41) is 0. The second kappa shape index (κ2) is 8.14. The Balaban J connectivity index is 1.73. The van der Waals surface area contributed by atoms with E-state index in [1.54, 1.807) is 31.3 Å². The maximum atomic E-state index is 12.7. The van der Waals surface area contributed by atoms with Crippen LogP contribution in [0.5, 0.6) is 11.5 Å². The van der Waals surface area contributed by atoms with Crippen molar-refractivity contribution in [1.29, 1.82) is 0 Å². The van der Waals surface area contributed by atoms with Gasteiger partial charge in [0.15, 0.2) is 0 Å². The molecule has 0 unspecified atom stereocenters. The number of carbonyl (C=O) groups is 1. The number of ether oxygens (including phenoxy) is 2. The van der Waals surface area contributed by atoms with E-state index in [1.165, 1.54) is 21.1 Å². The van der Waals surface area contributed by atoms with Crippen LogP contribution in [0.3, 0.4) is 0 Å². The number of benzene rings is 1. The standard InChI is InChI=1S/C19H24N2O5S/c1-3-12-25-15-6-8-16(9-7-15)26-19(22)18-13-17(14-20(18)2)27(23,24)21-10-4-5-11-21/h6-9,13-14H,3-5,10-12H2,1-2H3. The van der Waals surface area contributed by atoms with Gasteiger partial charge in [-0.05, 0) is 49.6 Å². The van der Waals surface area contributed by atoms with Crippen molar-refractivity contribution in [3.63, 3.8) is 0 Å². The fourth-order valence-corrected chi connectivity index (χ4v) is 4.53. The van der Waals surface area contributed by atoms with Gasteiger partial charge in [-0.2, -0.15) is 4.31 Å². The molecular formula is C19H24N2O5S. The Morgan fingerprint density at radius 1 is 1.11 bits per heavy atom. The summed E-state index contributed by atoms with van der Waals surface area (Å²) in [5.74, 6) is 0.464. The highest BCUT2D eigenvalue weighted by molar-refractivity contribution is 7.89. The van der Waals surface area contributed by atoms with Crippen LogP contribution in [0.1, 0.15) is 36.7 Å². The first-order valence-electron chi connectivity index (χ1n) is 9.03. The third kappa shape index (κ3) is 4.33. The zero-order valence-electron chi connectivity index (χ0n) is 15.6. The van der Waals surface area contributed by atoms with Gasteiger partial charge in [0, 0.05) is 26.3 Å². The largest absolute Gasteiger partial charge is 0.494 e. The first kappa shape index (κ1) is 19.4. The molecule has 0 aliphatic carbocycles. The van der Waals surface area contributed by atoms with Crippen LogP contribution in [-0.2, 0) is 17.1 Å². The third-order valence-corrected chi connectivity index (χ3v) is 6.26. The molecule has 8 heteroatoms. The van der Waals surface area contributed by atoms with Crippen molar-refractivity contribution in [2.24, 2.45) is 7.05 Å². The van der Waals surface area contributed by atoms with E-state index in [0.717, 1.165) is 19.3 Å². The summed E-state index contributed by atoms with van der Waals surface area (Å²) in [6.07, 6.45) is 4.08.